The number of hydrogen-bond acceptors (Lipinski definition) is 4. The van der Waals surface area contributed by atoms with E-state index in [1.807, 2.05) is 0 Å². The summed E-state index contributed by atoms with van der Waals surface area (Å²) in [6.07, 6.45) is -4.00. The molecule has 0 spiro atoms. The van der Waals surface area contributed by atoms with E-state index in [2.05, 4.69) is 4.98 Å². The lowest BCUT2D eigenvalue weighted by molar-refractivity contribution is -0.137. The number of aryl methyl sites for hydroxylation is 1. The van der Waals surface area contributed by atoms with Crippen LogP contribution in [0, 0.1) is 6.92 Å². The first-order valence-corrected chi connectivity index (χ1v) is 6.74. The van der Waals surface area contributed by atoms with Gasteiger partial charge in [-0.05, 0) is 36.8 Å². The van der Waals surface area contributed by atoms with Crippen LogP contribution < -0.4 is 4.74 Å². The monoisotopic (exact) mass is 325 g/mol. The summed E-state index contributed by atoms with van der Waals surface area (Å²) in [5, 5.41) is 8.74. The third-order valence-electron chi connectivity index (χ3n) is 3.14. The molecule has 23 heavy (non-hydrogen) atoms. The molecule has 0 saturated carbocycles. The number of alkyl halides is 3. The molecule has 0 amide bonds. The van der Waals surface area contributed by atoms with Crippen LogP contribution in [0.3, 0.4) is 0 Å². The number of carbonyl (C=O) groups excluding carboxylic acids is 1. The molecule has 1 aromatic heterocycles. The van der Waals surface area contributed by atoms with E-state index in [0.717, 1.165) is 12.1 Å². The van der Waals surface area contributed by atoms with Gasteiger partial charge in [0.05, 0.1) is 17.9 Å². The van der Waals surface area contributed by atoms with Crippen LogP contribution in [0.15, 0.2) is 30.3 Å². The normalized spacial score (nSPS) is 11.3. The Bertz CT molecular complexity index is 714. The molecule has 122 valence electrons. The quantitative estimate of drug-likeness (QED) is 0.857. The lowest BCUT2D eigenvalue weighted by atomic mass is 10.0. The Morgan fingerprint density at radius 2 is 2.00 bits per heavy atom. The average molecular weight is 325 g/mol. The first kappa shape index (κ1) is 17.0. The molecule has 4 nitrogen and oxygen atoms in total. The van der Waals surface area contributed by atoms with Crippen molar-refractivity contribution in [2.45, 2.75) is 13.1 Å². The topological polar surface area (TPSA) is 59.4 Å². The second-order valence-corrected chi connectivity index (χ2v) is 4.83. The molecule has 0 aliphatic rings. The molecule has 2 aromatic rings. The van der Waals surface area contributed by atoms with Crippen molar-refractivity contribution in [3.63, 3.8) is 0 Å². The molecule has 2 rings (SSSR count). The molecule has 1 aromatic carbocycles. The molecule has 0 aliphatic carbocycles. The van der Waals surface area contributed by atoms with Crippen molar-refractivity contribution in [1.29, 1.82) is 0 Å². The minimum absolute atomic E-state index is 0.0288. The van der Waals surface area contributed by atoms with Crippen molar-refractivity contribution in [1.82, 2.24) is 4.98 Å². The maximum atomic E-state index is 13.0. The van der Waals surface area contributed by atoms with Gasteiger partial charge >= 0.3 is 6.18 Å². The van der Waals surface area contributed by atoms with Crippen molar-refractivity contribution in [2.75, 3.05) is 13.2 Å². The van der Waals surface area contributed by atoms with Gasteiger partial charge in [-0.15, -0.1) is 0 Å². The molecule has 1 N–H and O–H groups in total. The fraction of sp³-hybridized carbons (Fsp3) is 0.250. The predicted octanol–water partition coefficient (Wildman–Crippen LogP) is 3.26. The second-order valence-electron chi connectivity index (χ2n) is 4.83. The Balaban J connectivity index is 2.54. The Hall–Kier alpha value is -2.41. The smallest absolute Gasteiger partial charge is 0.416 e. The molecule has 0 saturated heterocycles. The highest BCUT2D eigenvalue weighted by Crippen LogP contribution is 2.35. The van der Waals surface area contributed by atoms with E-state index < -0.39 is 11.7 Å². The van der Waals surface area contributed by atoms with E-state index >= 15 is 0 Å². The number of nitrogens with zero attached hydrogens (tertiary/aromatic N) is 1. The van der Waals surface area contributed by atoms with Crippen molar-refractivity contribution in [2.24, 2.45) is 0 Å². The molecule has 7 heteroatoms. The molecule has 0 bridgehead atoms. The summed E-state index contributed by atoms with van der Waals surface area (Å²) in [7, 11) is 0. The van der Waals surface area contributed by atoms with Crippen LogP contribution in [-0.2, 0) is 6.18 Å². The summed E-state index contributed by atoms with van der Waals surface area (Å²) in [6, 6.07) is 6.33. The number of hydrogen-bond donors (Lipinski definition) is 1. The van der Waals surface area contributed by atoms with Gasteiger partial charge in [-0.2, -0.15) is 13.2 Å². The number of halogens is 3. The largest absolute Gasteiger partial charge is 0.491 e. The van der Waals surface area contributed by atoms with E-state index in [1.54, 1.807) is 13.0 Å². The van der Waals surface area contributed by atoms with Gasteiger partial charge < -0.3 is 9.84 Å². The van der Waals surface area contributed by atoms with Crippen LogP contribution in [0.1, 0.15) is 21.6 Å². The third-order valence-corrected chi connectivity index (χ3v) is 3.14. The first-order chi connectivity index (χ1) is 10.8. The second kappa shape index (κ2) is 6.78. The molecule has 0 aliphatic heterocycles. The van der Waals surface area contributed by atoms with Crippen molar-refractivity contribution in [3.05, 3.63) is 47.2 Å². The van der Waals surface area contributed by atoms with Crippen LogP contribution in [0.2, 0.25) is 0 Å². The van der Waals surface area contributed by atoms with Crippen molar-refractivity contribution < 1.29 is 27.8 Å². The van der Waals surface area contributed by atoms with E-state index in [-0.39, 0.29) is 35.9 Å². The fourth-order valence-electron chi connectivity index (χ4n) is 1.98. The lowest BCUT2D eigenvalue weighted by Crippen LogP contribution is -2.08. The van der Waals surface area contributed by atoms with Gasteiger partial charge in [0.2, 0.25) is 0 Å². The zero-order chi connectivity index (χ0) is 17.0. The summed E-state index contributed by atoms with van der Waals surface area (Å²) in [5.41, 5.74) is 0.316. The highest BCUT2D eigenvalue weighted by atomic mass is 19.4. The summed E-state index contributed by atoms with van der Waals surface area (Å²) in [4.78, 5) is 15.0. The van der Waals surface area contributed by atoms with Crippen LogP contribution in [0.25, 0.3) is 11.3 Å². The van der Waals surface area contributed by atoms with Gasteiger partial charge in [0.1, 0.15) is 18.1 Å². The van der Waals surface area contributed by atoms with Crippen LogP contribution >= 0.6 is 0 Å². The minimum Gasteiger partial charge on any atom is -0.491 e. The summed E-state index contributed by atoms with van der Waals surface area (Å²) < 4.78 is 44.1. The van der Waals surface area contributed by atoms with Crippen LogP contribution in [0.4, 0.5) is 13.2 Å². The summed E-state index contributed by atoms with van der Waals surface area (Å²) in [6.45, 7) is 1.24. The Morgan fingerprint density at radius 1 is 1.26 bits per heavy atom. The molecule has 0 unspecified atom stereocenters. The van der Waals surface area contributed by atoms with Gasteiger partial charge in [0, 0.05) is 5.56 Å². The number of pyridine rings is 1. The minimum atomic E-state index is -4.55. The number of carbonyl (C=O) groups is 1. The Kier molecular flexibility index (Phi) is 5.00. The standard InChI is InChI=1S/C16H14F3NO3/c1-10-2-3-14(20-15(10)9-22)11-6-12(16(17,18)19)8-13(7-11)23-5-4-21/h2-3,6-9,21H,4-5H2,1H3. The summed E-state index contributed by atoms with van der Waals surface area (Å²) in [5.74, 6) is -0.0288. The molecular formula is C16H14F3NO3. The number of aromatic nitrogens is 1. The lowest BCUT2D eigenvalue weighted by Gasteiger charge is -2.13. The zero-order valence-corrected chi connectivity index (χ0v) is 12.2. The maximum Gasteiger partial charge on any atom is 0.416 e. The predicted molar refractivity (Wildman–Crippen MR) is 77.4 cm³/mol. The van der Waals surface area contributed by atoms with Gasteiger partial charge in [-0.25, -0.2) is 4.98 Å². The van der Waals surface area contributed by atoms with E-state index in [1.165, 1.54) is 12.1 Å². The Labute approximate surface area is 130 Å². The number of aldehydes is 1. The number of aliphatic hydroxyl groups excluding tert-OH is 1. The number of ether oxygens (including phenoxy) is 1. The van der Waals surface area contributed by atoms with Crippen molar-refractivity contribution in [3.8, 4) is 17.0 Å². The summed E-state index contributed by atoms with van der Waals surface area (Å²) >= 11 is 0. The zero-order valence-electron chi connectivity index (χ0n) is 12.2. The van der Waals surface area contributed by atoms with Gasteiger partial charge in [0.15, 0.2) is 6.29 Å². The van der Waals surface area contributed by atoms with Crippen LogP contribution in [0.5, 0.6) is 5.75 Å². The van der Waals surface area contributed by atoms with E-state index in [9.17, 15) is 18.0 Å². The van der Waals surface area contributed by atoms with Gasteiger partial charge in [0.25, 0.3) is 0 Å². The molecule has 0 fully saturated rings. The first-order valence-electron chi connectivity index (χ1n) is 6.74. The Morgan fingerprint density at radius 3 is 2.61 bits per heavy atom. The number of benzene rings is 1. The van der Waals surface area contributed by atoms with E-state index in [0.29, 0.717) is 11.8 Å². The molecule has 1 heterocycles. The SMILES string of the molecule is Cc1ccc(-c2cc(OCCO)cc(C(F)(F)F)c2)nc1C=O. The molecular weight excluding hydrogens is 311 g/mol. The fourth-order valence-corrected chi connectivity index (χ4v) is 1.98. The molecule has 0 atom stereocenters. The highest BCUT2D eigenvalue weighted by molar-refractivity contribution is 5.76. The van der Waals surface area contributed by atoms with E-state index in [4.69, 9.17) is 9.84 Å². The number of rotatable bonds is 5. The average Bonchev–Trinajstić information content (AvgIpc) is 2.52. The highest BCUT2D eigenvalue weighted by Gasteiger charge is 2.31. The van der Waals surface area contributed by atoms with Crippen LogP contribution in [-0.4, -0.2) is 29.6 Å². The maximum absolute atomic E-state index is 13.0. The third kappa shape index (κ3) is 4.07. The van der Waals surface area contributed by atoms with Gasteiger partial charge in [-0.3, -0.25) is 4.79 Å². The number of aliphatic hydroxyl groups is 1. The van der Waals surface area contributed by atoms with Crippen molar-refractivity contribution >= 4 is 6.29 Å². The molecule has 0 radical (unpaired) electrons. The van der Waals surface area contributed by atoms with Gasteiger partial charge in [-0.1, -0.05) is 6.07 Å².